The Morgan fingerprint density at radius 3 is 0.955 bits per heavy atom. The van der Waals surface area contributed by atoms with Gasteiger partial charge in [-0.3, -0.25) is 9.59 Å². The van der Waals surface area contributed by atoms with E-state index in [9.17, 15) is 21.0 Å². The number of ketones is 2. The predicted molar refractivity (Wildman–Crippen MR) is 468 cm³/mol. The molecule has 4 atom stereocenters. The Balaban J connectivity index is 0.866. The van der Waals surface area contributed by atoms with Gasteiger partial charge in [0, 0.05) is 82.9 Å². The van der Waals surface area contributed by atoms with E-state index < -0.39 is 0 Å². The molecule has 4 heterocycles. The molecule has 0 amide bonds. The molecule has 2 spiro atoms. The molecule has 0 radical (unpaired) electrons. The molecule has 0 fully saturated rings. The Hall–Kier alpha value is -9.36. The number of hydrogen-bond donors (Lipinski definition) is 0. The van der Waals surface area contributed by atoms with Crippen LogP contribution >= 0.6 is 45.3 Å². The highest BCUT2D eigenvalue weighted by atomic mass is 32.1. The van der Waals surface area contributed by atoms with E-state index >= 15 is 9.59 Å². The molecule has 10 heteroatoms. The fourth-order valence-corrected chi connectivity index (χ4v) is 25.6. The third-order valence-corrected chi connectivity index (χ3v) is 31.6. The van der Waals surface area contributed by atoms with Gasteiger partial charge in [0.1, 0.15) is 35.4 Å². The first kappa shape index (κ1) is 76.6. The minimum absolute atomic E-state index is 0.0598. The number of unbranched alkanes of at least 4 members (excludes halogenated alkanes) is 4. The van der Waals surface area contributed by atoms with Crippen LogP contribution in [-0.4, -0.2) is 11.6 Å². The molecule has 112 heavy (non-hydrogen) atoms. The number of nitriles is 4. The zero-order chi connectivity index (χ0) is 77.7. The molecule has 16 rings (SSSR count). The number of carbonyl (C=O) groups excluding carboxylic acids is 2. The quantitative estimate of drug-likeness (QED) is 0.0355. The molecule has 0 aliphatic heterocycles. The third kappa shape index (κ3) is 13.4. The highest BCUT2D eigenvalue weighted by molar-refractivity contribution is 7.33. The minimum Gasteiger partial charge on any atom is -0.289 e. The predicted octanol–water partition coefficient (Wildman–Crippen LogP) is 27.7. The fraction of sp³-hybridized carbons (Fsp3) is 0.373. The fourth-order valence-electron chi connectivity index (χ4n) is 20.3. The first-order chi connectivity index (χ1) is 54.7. The van der Waals surface area contributed by atoms with Gasteiger partial charge in [0.15, 0.2) is 11.6 Å². The average Bonchev–Trinajstić information content (AvgIpc) is 1.53. The first-order valence-electron chi connectivity index (χ1n) is 41.9. The van der Waals surface area contributed by atoms with Gasteiger partial charge in [-0.2, -0.15) is 21.0 Å². The van der Waals surface area contributed by atoms with Crippen molar-refractivity contribution in [3.63, 3.8) is 0 Å². The molecule has 0 N–H and O–H groups in total. The number of rotatable bonds is 28. The largest absolute Gasteiger partial charge is 0.289 e. The summed E-state index contributed by atoms with van der Waals surface area (Å²) in [6.07, 6.45) is 30.5. The van der Waals surface area contributed by atoms with Gasteiger partial charge >= 0.3 is 0 Å². The topological polar surface area (TPSA) is 129 Å². The van der Waals surface area contributed by atoms with Crippen LogP contribution in [0.2, 0.25) is 0 Å². The van der Waals surface area contributed by atoms with E-state index in [1.165, 1.54) is 195 Å². The standard InChI is InChI=1S/C102H100N4O2S4/c1-9-17-25-61(13-5)41-65-33-37-71-72-38-34-66(42-62(14-6)26-18-10-2)46-86(72)101(85(71)45-65)53-81-83(55-101)99(111-89(81)49-79-95(69(57-103)58-104)75-29-21-23-31-77(75)97(79)107)93-51-91-92(109-93)52-94(110-91)100-84-56-102(54-82(84)90(112-100)50-80-96(70(59-105)60-106)76-30-22-24-32-78(76)98(80)108)87-47-67(43-63(15-7)27-19-11-3)35-39-73(87)74-40-36-68(48-88(74)102)44-64(16-8)28-20-12-4/h21-24,29-40,45-52,61-64H,9-20,25-28,41-44,53-56H2,1-8H3/b79-49-,80-50-. The summed E-state index contributed by atoms with van der Waals surface area (Å²) >= 11 is 7.19. The van der Waals surface area contributed by atoms with Gasteiger partial charge < -0.3 is 0 Å². The van der Waals surface area contributed by atoms with Crippen molar-refractivity contribution in [2.75, 3.05) is 0 Å². The monoisotopic (exact) mass is 1540 g/mol. The molecule has 6 aliphatic carbocycles. The summed E-state index contributed by atoms with van der Waals surface area (Å²) in [5.74, 6) is 2.06. The van der Waals surface area contributed by atoms with Gasteiger partial charge in [0.05, 0.1) is 0 Å². The highest BCUT2D eigenvalue weighted by Gasteiger charge is 2.52. The van der Waals surface area contributed by atoms with E-state index in [0.29, 0.717) is 68.2 Å². The van der Waals surface area contributed by atoms with Crippen molar-refractivity contribution < 1.29 is 9.59 Å². The SMILES string of the molecule is CCCCC(CC)Cc1ccc2c(c1)C1(Cc3c(/C=C4\C(=O)c5ccccc5C4=C(C#N)C#N)sc(-c4cc5sc(-c6sc(/C=C7\C(=O)c8ccccc8C7=C(C#N)C#N)c7c6CC6(C7)c7cc(CC(CC)CCCC)ccc7-c7ccc(CC(CC)CCCC)cc76)cc5s4)c3C1)c1cc(CC(CC)CCCC)ccc1-2. The van der Waals surface area contributed by atoms with Crippen LogP contribution in [0.1, 0.15) is 266 Å². The Kier molecular flexibility index (Phi) is 22.1. The lowest BCUT2D eigenvalue weighted by molar-refractivity contribution is 0.103. The van der Waals surface area contributed by atoms with Gasteiger partial charge in [0.25, 0.3) is 0 Å². The Morgan fingerprint density at radius 1 is 0.375 bits per heavy atom. The van der Waals surface area contributed by atoms with Crippen LogP contribution in [0.25, 0.3) is 74.5 Å². The zero-order valence-corrected chi connectivity index (χ0v) is 69.6. The molecular weight excluding hydrogens is 1440 g/mol. The molecule has 0 bridgehead atoms. The van der Waals surface area contributed by atoms with Crippen molar-refractivity contribution in [2.45, 2.75) is 220 Å². The van der Waals surface area contributed by atoms with Crippen LogP contribution in [0.5, 0.6) is 0 Å². The lowest BCUT2D eigenvalue weighted by Crippen LogP contribution is -2.26. The second-order valence-electron chi connectivity index (χ2n) is 33.1. The van der Waals surface area contributed by atoms with Crippen LogP contribution in [-0.2, 0) is 62.2 Å². The summed E-state index contributed by atoms with van der Waals surface area (Å²) in [5, 5.41) is 42.6. The molecule has 564 valence electrons. The maximum absolute atomic E-state index is 15.1. The van der Waals surface area contributed by atoms with Crippen molar-refractivity contribution in [3.05, 3.63) is 255 Å². The number of nitrogens with zero attached hydrogens (tertiary/aromatic N) is 4. The smallest absolute Gasteiger partial charge is 0.194 e. The summed E-state index contributed by atoms with van der Waals surface area (Å²) < 4.78 is 2.39. The molecule has 0 saturated heterocycles. The Morgan fingerprint density at radius 2 is 0.670 bits per heavy atom. The van der Waals surface area contributed by atoms with Gasteiger partial charge in [-0.25, -0.2) is 0 Å². The number of benzene rings is 6. The summed E-state index contributed by atoms with van der Waals surface area (Å²) in [7, 11) is 0. The molecule has 6 aliphatic rings. The molecule has 6 nitrogen and oxygen atoms in total. The maximum atomic E-state index is 15.1. The van der Waals surface area contributed by atoms with E-state index in [0.717, 1.165) is 86.8 Å². The Bertz CT molecular complexity index is 5210. The van der Waals surface area contributed by atoms with Gasteiger partial charge in [-0.05, 0) is 199 Å². The summed E-state index contributed by atoms with van der Waals surface area (Å²) in [6, 6.07) is 58.3. The van der Waals surface area contributed by atoms with Crippen molar-refractivity contribution in [2.24, 2.45) is 23.7 Å². The van der Waals surface area contributed by atoms with Gasteiger partial charge in [-0.1, -0.05) is 279 Å². The van der Waals surface area contributed by atoms with Crippen LogP contribution in [0, 0.1) is 69.0 Å². The van der Waals surface area contributed by atoms with E-state index in [4.69, 9.17) is 0 Å². The normalized spacial score (nSPS) is 18.3. The van der Waals surface area contributed by atoms with Crippen molar-refractivity contribution in [1.29, 1.82) is 21.0 Å². The highest BCUT2D eigenvalue weighted by Crippen LogP contribution is 2.63. The molecular formula is C102H100N4O2S4. The molecule has 10 aromatic rings. The molecule has 4 unspecified atom stereocenters. The van der Waals surface area contributed by atoms with Crippen LogP contribution in [0.15, 0.2) is 156 Å². The number of allylic oxidation sites excluding steroid dienone is 6. The second-order valence-corrected chi connectivity index (χ2v) is 37.4. The molecule has 0 saturated carbocycles. The van der Waals surface area contributed by atoms with Crippen molar-refractivity contribution >= 4 is 89.6 Å². The lowest BCUT2D eigenvalue weighted by Gasteiger charge is -2.29. The summed E-state index contributed by atoms with van der Waals surface area (Å²) in [6.45, 7) is 18.6. The molecule has 4 aromatic heterocycles. The average molecular weight is 1540 g/mol. The minimum atomic E-state index is -0.388. The number of fused-ring (bicyclic) bond motifs is 15. The number of hydrogen-bond acceptors (Lipinski definition) is 10. The van der Waals surface area contributed by atoms with Gasteiger partial charge in [-0.15, -0.1) is 45.3 Å². The number of Topliss-reactive ketones (excluding diaryl/α,β-unsaturated/α-hetero) is 2. The number of carbonyl (C=O) groups is 2. The second kappa shape index (κ2) is 32.3. The summed E-state index contributed by atoms with van der Waals surface area (Å²) in [4.78, 5) is 36.9. The molecule has 6 aromatic carbocycles. The maximum Gasteiger partial charge on any atom is 0.194 e. The van der Waals surface area contributed by atoms with Gasteiger partial charge in [0.2, 0.25) is 0 Å². The van der Waals surface area contributed by atoms with E-state index in [1.54, 1.807) is 22.7 Å². The first-order valence-corrected chi connectivity index (χ1v) is 45.2. The Labute approximate surface area is 679 Å². The van der Waals surface area contributed by atoms with Crippen LogP contribution in [0.4, 0.5) is 0 Å². The van der Waals surface area contributed by atoms with E-state index in [1.807, 2.05) is 71.2 Å². The third-order valence-electron chi connectivity index (χ3n) is 26.5. The van der Waals surface area contributed by atoms with Crippen LogP contribution < -0.4 is 0 Å². The van der Waals surface area contributed by atoms with E-state index in [2.05, 4.69) is 177 Å². The van der Waals surface area contributed by atoms with Crippen LogP contribution in [0.3, 0.4) is 0 Å². The lowest BCUT2D eigenvalue weighted by atomic mass is 9.74. The number of thiophene rings is 4. The summed E-state index contributed by atoms with van der Waals surface area (Å²) in [5.41, 5.74) is 24.6. The van der Waals surface area contributed by atoms with Crippen molar-refractivity contribution in [1.82, 2.24) is 0 Å². The zero-order valence-electron chi connectivity index (χ0n) is 66.4. The van der Waals surface area contributed by atoms with Crippen molar-refractivity contribution in [3.8, 4) is 66.0 Å². The van der Waals surface area contributed by atoms with E-state index in [-0.39, 0.29) is 33.5 Å².